The van der Waals surface area contributed by atoms with Crippen LogP contribution in [0.15, 0.2) is 0 Å². The van der Waals surface area contributed by atoms with Crippen molar-refractivity contribution in [1.82, 2.24) is 4.90 Å². The van der Waals surface area contributed by atoms with Gasteiger partial charge >= 0.3 is 0 Å². The van der Waals surface area contributed by atoms with Crippen LogP contribution in [0.1, 0.15) is 13.3 Å². The highest BCUT2D eigenvalue weighted by Crippen LogP contribution is 2.19. The summed E-state index contributed by atoms with van der Waals surface area (Å²) in [4.78, 5) is 13.1. The van der Waals surface area contributed by atoms with Crippen molar-refractivity contribution in [2.24, 2.45) is 0 Å². The van der Waals surface area contributed by atoms with Crippen molar-refractivity contribution in [3.05, 3.63) is 0 Å². The Hall–Kier alpha value is -0.0900. The summed E-state index contributed by atoms with van der Waals surface area (Å²) in [6, 6.07) is -0.0370. The fourth-order valence-electron chi connectivity index (χ4n) is 1.21. The van der Waals surface area contributed by atoms with Crippen molar-refractivity contribution < 1.29 is 9.90 Å². The minimum absolute atomic E-state index is 0.0370. The number of hydrogen-bond donors (Lipinski definition) is 1. The molecule has 1 N–H and O–H groups in total. The van der Waals surface area contributed by atoms with Crippen molar-refractivity contribution in [3.63, 3.8) is 0 Å². The van der Waals surface area contributed by atoms with Gasteiger partial charge in [-0.1, -0.05) is 15.9 Å². The number of aliphatic hydroxyl groups is 1. The molecule has 1 aliphatic rings. The van der Waals surface area contributed by atoms with Crippen LogP contribution >= 0.6 is 15.9 Å². The normalized spacial score (nSPS) is 27.7. The molecule has 1 rings (SSSR count). The molecule has 11 heavy (non-hydrogen) atoms. The van der Waals surface area contributed by atoms with Gasteiger partial charge in [-0.05, 0) is 6.92 Å². The number of aliphatic hydroxyl groups excluding tert-OH is 1. The maximum absolute atomic E-state index is 11.2. The summed E-state index contributed by atoms with van der Waals surface area (Å²) in [5.41, 5.74) is 0. The molecule has 0 aliphatic carbocycles. The molecule has 0 spiro atoms. The Bertz CT molecular complexity index is 163. The Morgan fingerprint density at radius 2 is 2.55 bits per heavy atom. The van der Waals surface area contributed by atoms with Crippen LogP contribution in [0.25, 0.3) is 0 Å². The van der Waals surface area contributed by atoms with Gasteiger partial charge in [0.05, 0.1) is 12.6 Å². The van der Waals surface area contributed by atoms with Gasteiger partial charge in [0.15, 0.2) is 0 Å². The molecule has 0 saturated carbocycles. The molecule has 0 aromatic carbocycles. The van der Waals surface area contributed by atoms with Gasteiger partial charge in [-0.15, -0.1) is 0 Å². The highest BCUT2D eigenvalue weighted by Gasteiger charge is 2.30. The molecule has 1 fully saturated rings. The molecule has 1 amide bonds. The standard InChI is InChI=1S/C7H12BrNO2/c1-5(4-10)9-3-6(8)2-7(9)11/h5-6,10H,2-4H2,1H3. The van der Waals surface area contributed by atoms with Crippen LogP contribution in [0.2, 0.25) is 0 Å². The number of carbonyl (C=O) groups excluding carboxylic acids is 1. The maximum Gasteiger partial charge on any atom is 0.224 e. The van der Waals surface area contributed by atoms with Crippen LogP contribution in [0, 0.1) is 0 Å². The lowest BCUT2D eigenvalue weighted by Crippen LogP contribution is -2.36. The van der Waals surface area contributed by atoms with E-state index in [-0.39, 0.29) is 23.4 Å². The Morgan fingerprint density at radius 3 is 2.91 bits per heavy atom. The molecule has 0 radical (unpaired) electrons. The van der Waals surface area contributed by atoms with Gasteiger partial charge in [-0.2, -0.15) is 0 Å². The van der Waals surface area contributed by atoms with Crippen LogP contribution in [-0.2, 0) is 4.79 Å². The van der Waals surface area contributed by atoms with Crippen LogP contribution in [0.3, 0.4) is 0 Å². The van der Waals surface area contributed by atoms with Crippen LogP contribution in [-0.4, -0.2) is 39.9 Å². The van der Waals surface area contributed by atoms with E-state index < -0.39 is 0 Å². The number of alkyl halides is 1. The van der Waals surface area contributed by atoms with Gasteiger partial charge in [-0.3, -0.25) is 4.79 Å². The van der Waals surface area contributed by atoms with E-state index in [1.165, 1.54) is 0 Å². The van der Waals surface area contributed by atoms with Gasteiger partial charge in [0, 0.05) is 17.8 Å². The first-order valence-electron chi connectivity index (χ1n) is 3.69. The molecule has 1 aliphatic heterocycles. The average molecular weight is 222 g/mol. The second-order valence-corrected chi connectivity index (χ2v) is 4.17. The topological polar surface area (TPSA) is 40.5 Å². The number of likely N-dealkylation sites (tertiary alicyclic amines) is 1. The molecule has 2 unspecified atom stereocenters. The number of carbonyl (C=O) groups is 1. The summed E-state index contributed by atoms with van der Waals surface area (Å²) in [5, 5.41) is 8.79. The minimum atomic E-state index is -0.0370. The number of rotatable bonds is 2. The Balaban J connectivity index is 2.52. The Labute approximate surface area is 74.5 Å². The molecular formula is C7H12BrNO2. The lowest BCUT2D eigenvalue weighted by atomic mass is 10.3. The van der Waals surface area contributed by atoms with E-state index in [0.717, 1.165) is 6.54 Å². The zero-order valence-corrected chi connectivity index (χ0v) is 8.04. The predicted octanol–water partition coefficient (Wildman–Crippen LogP) is 0.363. The van der Waals surface area contributed by atoms with Gasteiger partial charge in [0.2, 0.25) is 5.91 Å². The SMILES string of the molecule is CC(CO)N1CC(Br)CC1=O. The van der Waals surface area contributed by atoms with E-state index in [0.29, 0.717) is 6.42 Å². The van der Waals surface area contributed by atoms with E-state index in [1.54, 1.807) is 4.90 Å². The summed E-state index contributed by atoms with van der Waals surface area (Å²) in [6.07, 6.45) is 0.560. The molecule has 3 nitrogen and oxygen atoms in total. The molecular weight excluding hydrogens is 210 g/mol. The third kappa shape index (κ3) is 1.93. The van der Waals surface area contributed by atoms with E-state index in [9.17, 15) is 4.79 Å². The zero-order valence-electron chi connectivity index (χ0n) is 6.46. The number of hydrogen-bond acceptors (Lipinski definition) is 2. The monoisotopic (exact) mass is 221 g/mol. The highest BCUT2D eigenvalue weighted by molar-refractivity contribution is 9.09. The Kier molecular flexibility index (Phi) is 2.90. The first kappa shape index (κ1) is 9.00. The number of nitrogens with zero attached hydrogens (tertiary/aromatic N) is 1. The first-order chi connectivity index (χ1) is 5.15. The minimum Gasteiger partial charge on any atom is -0.394 e. The van der Waals surface area contributed by atoms with Crippen molar-refractivity contribution in [2.75, 3.05) is 13.2 Å². The lowest BCUT2D eigenvalue weighted by Gasteiger charge is -2.21. The zero-order chi connectivity index (χ0) is 8.43. The molecule has 0 bridgehead atoms. The molecule has 0 aromatic heterocycles. The summed E-state index contributed by atoms with van der Waals surface area (Å²) in [5.74, 6) is 0.133. The van der Waals surface area contributed by atoms with Crippen molar-refractivity contribution in [1.29, 1.82) is 0 Å². The summed E-state index contributed by atoms with van der Waals surface area (Å²) >= 11 is 3.37. The van der Waals surface area contributed by atoms with Crippen LogP contribution < -0.4 is 0 Å². The predicted molar refractivity (Wildman–Crippen MR) is 45.6 cm³/mol. The fourth-order valence-corrected chi connectivity index (χ4v) is 1.80. The summed E-state index contributed by atoms with van der Waals surface area (Å²) < 4.78 is 0. The van der Waals surface area contributed by atoms with Gasteiger partial charge in [0.1, 0.15) is 0 Å². The second-order valence-electron chi connectivity index (χ2n) is 2.88. The maximum atomic E-state index is 11.2. The van der Waals surface area contributed by atoms with E-state index in [1.807, 2.05) is 6.92 Å². The Morgan fingerprint density at radius 1 is 1.91 bits per heavy atom. The smallest absolute Gasteiger partial charge is 0.224 e. The number of halogens is 1. The van der Waals surface area contributed by atoms with Gasteiger partial charge in [0.25, 0.3) is 0 Å². The molecule has 2 atom stereocenters. The third-order valence-corrected chi connectivity index (χ3v) is 2.52. The van der Waals surface area contributed by atoms with Gasteiger partial charge < -0.3 is 10.0 Å². The van der Waals surface area contributed by atoms with Crippen LogP contribution in [0.5, 0.6) is 0 Å². The summed E-state index contributed by atoms with van der Waals surface area (Å²) in [6.45, 7) is 2.62. The third-order valence-electron chi connectivity index (χ3n) is 1.91. The molecule has 1 saturated heterocycles. The summed E-state index contributed by atoms with van der Waals surface area (Å²) in [7, 11) is 0. The van der Waals surface area contributed by atoms with E-state index in [4.69, 9.17) is 5.11 Å². The van der Waals surface area contributed by atoms with E-state index >= 15 is 0 Å². The fraction of sp³-hybridized carbons (Fsp3) is 0.857. The molecule has 0 aromatic rings. The van der Waals surface area contributed by atoms with Crippen LogP contribution in [0.4, 0.5) is 0 Å². The van der Waals surface area contributed by atoms with Crippen molar-refractivity contribution in [3.8, 4) is 0 Å². The van der Waals surface area contributed by atoms with Crippen molar-refractivity contribution >= 4 is 21.8 Å². The second kappa shape index (κ2) is 3.54. The number of amides is 1. The van der Waals surface area contributed by atoms with E-state index in [2.05, 4.69) is 15.9 Å². The largest absolute Gasteiger partial charge is 0.394 e. The first-order valence-corrected chi connectivity index (χ1v) is 4.61. The van der Waals surface area contributed by atoms with Gasteiger partial charge in [-0.25, -0.2) is 0 Å². The average Bonchev–Trinajstić information content (AvgIpc) is 2.28. The van der Waals surface area contributed by atoms with Crippen molar-refractivity contribution in [2.45, 2.75) is 24.2 Å². The molecule has 64 valence electrons. The highest BCUT2D eigenvalue weighted by atomic mass is 79.9. The molecule has 4 heteroatoms. The lowest BCUT2D eigenvalue weighted by molar-refractivity contribution is -0.130. The quantitative estimate of drug-likeness (QED) is 0.685. The molecule has 1 heterocycles.